The SMILES string of the molecule is [O]=[Sb]([OH])([OH])[OH].[O]=[W](=[O])([OH])[OH]. The number of rotatable bonds is 0. The molecule has 0 aliphatic heterocycles. The van der Waals surface area contributed by atoms with Gasteiger partial charge in [0.05, 0.1) is 0 Å². The molecular formula is H5O8SbW. The average Bonchev–Trinajstić information content (AvgIpc) is 1.12. The van der Waals surface area contributed by atoms with Gasteiger partial charge in [0.25, 0.3) is 0 Å². The van der Waals surface area contributed by atoms with E-state index in [4.69, 9.17) is 27.5 Å². The predicted molar refractivity (Wildman–Crippen MR) is 18.9 cm³/mol. The van der Waals surface area contributed by atoms with Gasteiger partial charge >= 0.3 is 64.3 Å². The van der Waals surface area contributed by atoms with E-state index in [1.165, 1.54) is 0 Å². The van der Waals surface area contributed by atoms with Crippen molar-refractivity contribution in [1.29, 1.82) is 0 Å². The summed E-state index contributed by atoms with van der Waals surface area (Å²) in [5, 5.41) is 0. The molecule has 10 heavy (non-hydrogen) atoms. The third-order valence-corrected chi connectivity index (χ3v) is 0. The van der Waals surface area contributed by atoms with Crippen molar-refractivity contribution in [1.82, 2.24) is 0 Å². The summed E-state index contributed by atoms with van der Waals surface area (Å²) in [4.78, 5) is 0. The van der Waals surface area contributed by atoms with Gasteiger partial charge in [0.2, 0.25) is 0 Å². The first kappa shape index (κ1) is 13.3. The van der Waals surface area contributed by atoms with Crippen LogP contribution in [0.1, 0.15) is 0 Å². The summed E-state index contributed by atoms with van der Waals surface area (Å²) in [6, 6.07) is 0. The molecule has 0 aromatic heterocycles. The summed E-state index contributed by atoms with van der Waals surface area (Å²) < 4.78 is 62.9. The van der Waals surface area contributed by atoms with Crippen molar-refractivity contribution in [3.05, 3.63) is 0 Å². The van der Waals surface area contributed by atoms with Gasteiger partial charge in [0.15, 0.2) is 0 Å². The molecule has 0 unspecified atom stereocenters. The summed E-state index contributed by atoms with van der Waals surface area (Å²) >= 11 is -11.0. The quantitative estimate of drug-likeness (QED) is 0.244. The van der Waals surface area contributed by atoms with Crippen LogP contribution in [0.2, 0.25) is 0 Å². The van der Waals surface area contributed by atoms with Gasteiger partial charge in [-0.05, 0) is 0 Å². The molecule has 5 N–H and O–H groups in total. The standard InChI is InChI=1S/5H2O.3O.Sb.W/h5*1H2;;;;;/q;;;;;;;;+3;+2/p-5. The summed E-state index contributed by atoms with van der Waals surface area (Å²) in [6.07, 6.45) is 0. The molecule has 0 radical (unpaired) electrons. The molecule has 0 atom stereocenters. The van der Waals surface area contributed by atoms with Crippen molar-refractivity contribution in [2.45, 2.75) is 0 Å². The fraction of sp³-hybridized carbons (Fsp3) is 0. The minimum absolute atomic E-state index is 5.35. The second kappa shape index (κ2) is 4.56. The van der Waals surface area contributed by atoms with Crippen molar-refractivity contribution < 1.29 is 44.2 Å². The molecule has 64 valence electrons. The topological polar surface area (TPSA) is 152 Å². The molecule has 10 heteroatoms. The Hall–Kier alpha value is 0.706. The summed E-state index contributed by atoms with van der Waals surface area (Å²) in [7, 11) is 0. The Morgan fingerprint density at radius 3 is 1.00 bits per heavy atom. The fourth-order valence-corrected chi connectivity index (χ4v) is 0. The molecule has 0 saturated carbocycles. The van der Waals surface area contributed by atoms with Crippen LogP contribution in [0.15, 0.2) is 0 Å². The van der Waals surface area contributed by atoms with Gasteiger partial charge in [-0.15, -0.1) is 0 Å². The van der Waals surface area contributed by atoms with Crippen molar-refractivity contribution in [3.8, 4) is 0 Å². The zero-order valence-corrected chi connectivity index (χ0v) is 9.80. The maximum absolute atomic E-state index is 8.97. The normalized spacial score (nSPS) is 11.7. The zero-order chi connectivity index (χ0) is 9.00. The van der Waals surface area contributed by atoms with Gasteiger partial charge < -0.3 is 0 Å². The van der Waals surface area contributed by atoms with Crippen LogP contribution in [-0.4, -0.2) is 37.7 Å². The average molecular weight is 439 g/mol. The molecule has 0 saturated heterocycles. The Bertz CT molecular complexity index is 187. The molecule has 0 fully saturated rings. The van der Waals surface area contributed by atoms with E-state index in [1.54, 1.807) is 0 Å². The molecule has 0 aliphatic rings. The third kappa shape index (κ3) is 1040. The molecule has 0 aromatic carbocycles. The van der Waals surface area contributed by atoms with Gasteiger partial charge in [-0.1, -0.05) is 0 Å². The van der Waals surface area contributed by atoms with Gasteiger partial charge in [-0.3, -0.25) is 0 Å². The van der Waals surface area contributed by atoms with Crippen LogP contribution in [0.4, 0.5) is 0 Å². The summed E-state index contributed by atoms with van der Waals surface area (Å²) in [5.41, 5.74) is 0. The second-order valence-electron chi connectivity index (χ2n) is 0.961. The Morgan fingerprint density at radius 1 is 1.00 bits per heavy atom. The van der Waals surface area contributed by atoms with Crippen LogP contribution >= 0.6 is 0 Å². The van der Waals surface area contributed by atoms with Gasteiger partial charge in [-0.25, -0.2) is 0 Å². The molecule has 0 bridgehead atoms. The number of hydrogen-bond donors (Lipinski definition) is 5. The molecule has 0 aromatic rings. The van der Waals surface area contributed by atoms with Gasteiger partial charge in [0, 0.05) is 0 Å². The Morgan fingerprint density at radius 2 is 1.00 bits per heavy atom. The Labute approximate surface area is 64.2 Å². The van der Waals surface area contributed by atoms with E-state index in [0.29, 0.717) is 0 Å². The van der Waals surface area contributed by atoms with E-state index in [9.17, 15) is 0 Å². The monoisotopic (exact) mass is 438 g/mol. The Balaban J connectivity index is 0. The third-order valence-electron chi connectivity index (χ3n) is 0. The first-order chi connectivity index (χ1) is 4.00. The van der Waals surface area contributed by atoms with Crippen molar-refractivity contribution >= 4 is 20.1 Å². The van der Waals surface area contributed by atoms with Crippen LogP contribution in [0, 0.1) is 0 Å². The van der Waals surface area contributed by atoms with E-state index in [-0.39, 0.29) is 0 Å². The van der Waals surface area contributed by atoms with E-state index in [0.717, 1.165) is 0 Å². The van der Waals surface area contributed by atoms with Crippen molar-refractivity contribution in [2.75, 3.05) is 0 Å². The molecule has 0 aliphatic carbocycles. The fourth-order valence-electron chi connectivity index (χ4n) is 0. The van der Waals surface area contributed by atoms with Gasteiger partial charge in [-0.2, -0.15) is 0 Å². The first-order valence-corrected chi connectivity index (χ1v) is 11.0. The first-order valence-electron chi connectivity index (χ1n) is 1.48. The zero-order valence-electron chi connectivity index (χ0n) is 4.32. The molecule has 0 heterocycles. The molecular weight excluding hydrogens is 434 g/mol. The Kier molecular flexibility index (Phi) is 6.06. The molecule has 0 amide bonds. The van der Waals surface area contributed by atoms with E-state index < -0.39 is 36.8 Å². The molecule has 0 rings (SSSR count). The predicted octanol–water partition coefficient (Wildman–Crippen LogP) is -3.52. The second-order valence-corrected chi connectivity index (χ2v) is 7.11. The summed E-state index contributed by atoms with van der Waals surface area (Å²) in [6.45, 7) is 0. The van der Waals surface area contributed by atoms with Crippen molar-refractivity contribution in [3.63, 3.8) is 0 Å². The van der Waals surface area contributed by atoms with Crippen LogP contribution < -0.4 is 0 Å². The van der Waals surface area contributed by atoms with Crippen LogP contribution in [0.25, 0.3) is 0 Å². The van der Waals surface area contributed by atoms with Crippen LogP contribution in [0.3, 0.4) is 0 Å². The van der Waals surface area contributed by atoms with E-state index >= 15 is 0 Å². The molecule has 0 spiro atoms. The van der Waals surface area contributed by atoms with Gasteiger partial charge in [0.1, 0.15) is 0 Å². The summed E-state index contributed by atoms with van der Waals surface area (Å²) in [5.74, 6) is 0. The van der Waals surface area contributed by atoms with E-state index in [1.807, 2.05) is 0 Å². The molecule has 8 nitrogen and oxygen atoms in total. The number of hydrogen-bond acceptors (Lipinski definition) is 3. The van der Waals surface area contributed by atoms with Crippen LogP contribution in [0.5, 0.6) is 0 Å². The van der Waals surface area contributed by atoms with E-state index in [2.05, 4.69) is 0 Å². The maximum atomic E-state index is 8.97. The van der Waals surface area contributed by atoms with Crippen LogP contribution in [-0.2, 0) is 26.6 Å². The minimum atomic E-state index is -5.67. The van der Waals surface area contributed by atoms with Crippen molar-refractivity contribution in [2.24, 2.45) is 0 Å².